The lowest BCUT2D eigenvalue weighted by molar-refractivity contribution is 0.332. The fourth-order valence-corrected chi connectivity index (χ4v) is 3.84. The summed E-state index contributed by atoms with van der Waals surface area (Å²) < 4.78 is 14.0. The Bertz CT molecular complexity index is 828. The molecule has 5 nitrogen and oxygen atoms in total. The molecule has 0 bridgehead atoms. The monoisotopic (exact) mass is 395 g/mol. The Morgan fingerprint density at radius 1 is 1.26 bits per heavy atom. The summed E-state index contributed by atoms with van der Waals surface area (Å²) in [6.45, 7) is 4.79. The molecule has 0 spiro atoms. The molecule has 0 aliphatic heterocycles. The van der Waals surface area contributed by atoms with Crippen molar-refractivity contribution in [2.24, 2.45) is 0 Å². The van der Waals surface area contributed by atoms with Gasteiger partial charge in [0.1, 0.15) is 16.1 Å². The Hall–Kier alpha value is -1.60. The number of rotatable bonds is 6. The van der Waals surface area contributed by atoms with E-state index >= 15 is 0 Å². The maximum absolute atomic E-state index is 5.76. The number of aromatic nitrogens is 3. The van der Waals surface area contributed by atoms with Crippen LogP contribution in [-0.2, 0) is 6.42 Å². The van der Waals surface area contributed by atoms with Crippen LogP contribution in [-0.4, -0.2) is 28.3 Å². The number of ether oxygens (including phenoxy) is 2. The van der Waals surface area contributed by atoms with Crippen LogP contribution in [0.5, 0.6) is 11.5 Å². The Labute approximate surface area is 147 Å². The average Bonchev–Trinajstić information content (AvgIpc) is 3.11. The number of nitrogens with zero attached hydrogens (tertiary/aromatic N) is 3. The van der Waals surface area contributed by atoms with E-state index in [1.807, 2.05) is 13.0 Å². The van der Waals surface area contributed by atoms with Gasteiger partial charge < -0.3 is 9.47 Å². The minimum Gasteiger partial charge on any atom is -0.496 e. The van der Waals surface area contributed by atoms with Crippen LogP contribution in [0.4, 0.5) is 0 Å². The largest absolute Gasteiger partial charge is 0.496 e. The van der Waals surface area contributed by atoms with E-state index in [1.54, 1.807) is 17.8 Å². The molecule has 122 valence electrons. The van der Waals surface area contributed by atoms with Gasteiger partial charge in [0.2, 0.25) is 4.96 Å². The zero-order valence-electron chi connectivity index (χ0n) is 13.3. The lowest BCUT2D eigenvalue weighted by Crippen LogP contribution is -1.99. The van der Waals surface area contributed by atoms with Crippen molar-refractivity contribution in [1.82, 2.24) is 14.6 Å². The molecule has 0 aliphatic rings. The van der Waals surface area contributed by atoms with Crippen LogP contribution in [0, 0.1) is 0 Å². The van der Waals surface area contributed by atoms with Gasteiger partial charge in [-0.1, -0.05) is 24.7 Å². The molecular formula is C16H18BrN3O2S. The third kappa shape index (κ3) is 3.07. The second kappa shape index (κ2) is 6.88. The molecule has 2 heterocycles. The number of benzene rings is 1. The first-order valence-corrected chi connectivity index (χ1v) is 9.13. The molecule has 0 fully saturated rings. The summed E-state index contributed by atoms with van der Waals surface area (Å²) in [5.74, 6) is 1.65. The van der Waals surface area contributed by atoms with Crippen LogP contribution >= 0.6 is 27.3 Å². The number of aryl methyl sites for hydroxylation is 1. The van der Waals surface area contributed by atoms with Gasteiger partial charge in [0.25, 0.3) is 0 Å². The summed E-state index contributed by atoms with van der Waals surface area (Å²) in [7, 11) is 1.67. The van der Waals surface area contributed by atoms with Crippen LogP contribution in [0.25, 0.3) is 15.5 Å². The highest BCUT2D eigenvalue weighted by Crippen LogP contribution is 2.38. The molecule has 0 aliphatic carbocycles. The highest BCUT2D eigenvalue weighted by atomic mass is 79.9. The van der Waals surface area contributed by atoms with Gasteiger partial charge in [0.05, 0.1) is 25.5 Å². The van der Waals surface area contributed by atoms with E-state index in [4.69, 9.17) is 9.47 Å². The molecular weight excluding hydrogens is 378 g/mol. The van der Waals surface area contributed by atoms with Crippen molar-refractivity contribution in [3.8, 4) is 22.1 Å². The Morgan fingerprint density at radius 3 is 2.74 bits per heavy atom. The number of fused-ring (bicyclic) bond motifs is 1. The van der Waals surface area contributed by atoms with Gasteiger partial charge in [-0.05, 0) is 40.9 Å². The van der Waals surface area contributed by atoms with Crippen molar-refractivity contribution in [3.63, 3.8) is 0 Å². The van der Waals surface area contributed by atoms with E-state index in [1.165, 1.54) is 16.9 Å². The van der Waals surface area contributed by atoms with Crippen LogP contribution in [0.1, 0.15) is 25.8 Å². The van der Waals surface area contributed by atoms with Gasteiger partial charge in [-0.2, -0.15) is 9.61 Å². The molecule has 0 radical (unpaired) electrons. The van der Waals surface area contributed by atoms with Crippen LogP contribution in [0.2, 0.25) is 0 Å². The highest BCUT2D eigenvalue weighted by molar-refractivity contribution is 9.10. The van der Waals surface area contributed by atoms with E-state index in [0.717, 1.165) is 44.5 Å². The Morgan fingerprint density at radius 2 is 2.09 bits per heavy atom. The van der Waals surface area contributed by atoms with Gasteiger partial charge in [0, 0.05) is 6.07 Å². The molecule has 0 atom stereocenters. The van der Waals surface area contributed by atoms with Gasteiger partial charge in [-0.3, -0.25) is 0 Å². The van der Waals surface area contributed by atoms with E-state index < -0.39 is 0 Å². The number of imidazole rings is 1. The zero-order chi connectivity index (χ0) is 16.4. The van der Waals surface area contributed by atoms with E-state index in [9.17, 15) is 0 Å². The van der Waals surface area contributed by atoms with Gasteiger partial charge in [0.15, 0.2) is 5.01 Å². The Kier molecular flexibility index (Phi) is 4.87. The summed E-state index contributed by atoms with van der Waals surface area (Å²) in [5, 5.41) is 5.51. The standard InChI is InChI=1S/C16H18BrN3O2S/c1-4-6-10-7-11(13(21-3)8-12(10)22-5-2)15-19-20-14(17)9-18-16(20)23-15/h7-9H,4-6H2,1-3H3. The maximum atomic E-state index is 5.76. The Balaban J connectivity index is 2.13. The number of methoxy groups -OCH3 is 1. The SMILES string of the molecule is CCCc1cc(-c2nn3c(Br)cnc3s2)c(OC)cc1OCC. The number of hydrogen-bond donors (Lipinski definition) is 0. The van der Waals surface area contributed by atoms with Gasteiger partial charge >= 0.3 is 0 Å². The molecule has 0 saturated heterocycles. The van der Waals surface area contributed by atoms with Crippen molar-refractivity contribution in [1.29, 1.82) is 0 Å². The van der Waals surface area contributed by atoms with Gasteiger partial charge in [-0.25, -0.2) is 4.98 Å². The molecule has 0 amide bonds. The maximum Gasteiger partial charge on any atom is 0.213 e. The topological polar surface area (TPSA) is 48.7 Å². The van der Waals surface area contributed by atoms with Crippen LogP contribution in [0.15, 0.2) is 22.9 Å². The molecule has 0 saturated carbocycles. The molecule has 1 aromatic carbocycles. The van der Waals surface area contributed by atoms with Crippen molar-refractivity contribution >= 4 is 32.2 Å². The summed E-state index contributed by atoms with van der Waals surface area (Å²) in [6.07, 6.45) is 3.76. The molecule has 3 aromatic rings. The molecule has 2 aromatic heterocycles. The lowest BCUT2D eigenvalue weighted by atomic mass is 10.0. The minimum atomic E-state index is 0.636. The first kappa shape index (κ1) is 16.3. The third-order valence-electron chi connectivity index (χ3n) is 3.48. The van der Waals surface area contributed by atoms with Crippen LogP contribution in [0.3, 0.4) is 0 Å². The van der Waals surface area contributed by atoms with Crippen molar-refractivity contribution in [2.45, 2.75) is 26.7 Å². The highest BCUT2D eigenvalue weighted by Gasteiger charge is 2.17. The predicted molar refractivity (Wildman–Crippen MR) is 95.7 cm³/mol. The summed E-state index contributed by atoms with van der Waals surface area (Å²) >= 11 is 4.99. The zero-order valence-corrected chi connectivity index (χ0v) is 15.7. The smallest absolute Gasteiger partial charge is 0.213 e. The van der Waals surface area contributed by atoms with Crippen molar-refractivity contribution in [3.05, 3.63) is 28.5 Å². The molecule has 0 N–H and O–H groups in total. The minimum absolute atomic E-state index is 0.636. The van der Waals surface area contributed by atoms with E-state index in [0.29, 0.717) is 6.61 Å². The van der Waals surface area contributed by atoms with Crippen LogP contribution < -0.4 is 9.47 Å². The molecule has 7 heteroatoms. The van der Waals surface area contributed by atoms with E-state index in [-0.39, 0.29) is 0 Å². The molecule has 0 unspecified atom stereocenters. The second-order valence-corrected chi connectivity index (χ2v) is 6.79. The lowest BCUT2D eigenvalue weighted by Gasteiger charge is -2.14. The summed E-state index contributed by atoms with van der Waals surface area (Å²) in [4.78, 5) is 5.18. The quantitative estimate of drug-likeness (QED) is 0.612. The van der Waals surface area contributed by atoms with Crippen molar-refractivity contribution < 1.29 is 9.47 Å². The fraction of sp³-hybridized carbons (Fsp3) is 0.375. The first-order chi connectivity index (χ1) is 11.2. The fourth-order valence-electron chi connectivity index (χ4n) is 2.47. The molecule has 3 rings (SSSR count). The summed E-state index contributed by atoms with van der Waals surface area (Å²) in [5.41, 5.74) is 2.15. The van der Waals surface area contributed by atoms with Gasteiger partial charge in [-0.15, -0.1) is 0 Å². The number of hydrogen-bond acceptors (Lipinski definition) is 5. The third-order valence-corrected chi connectivity index (χ3v) is 4.97. The second-order valence-electron chi connectivity index (χ2n) is 5.03. The predicted octanol–water partition coefficient (Wildman–Crippen LogP) is 4.58. The average molecular weight is 396 g/mol. The summed E-state index contributed by atoms with van der Waals surface area (Å²) in [6, 6.07) is 4.09. The normalized spacial score (nSPS) is 11.1. The van der Waals surface area contributed by atoms with Crippen molar-refractivity contribution in [2.75, 3.05) is 13.7 Å². The number of halogens is 1. The molecule has 23 heavy (non-hydrogen) atoms. The first-order valence-electron chi connectivity index (χ1n) is 7.52. The van der Waals surface area contributed by atoms with E-state index in [2.05, 4.69) is 39.0 Å².